The predicted molar refractivity (Wildman–Crippen MR) is 59.8 cm³/mol. The lowest BCUT2D eigenvalue weighted by atomic mass is 10.3. The van der Waals surface area contributed by atoms with Gasteiger partial charge in [0.25, 0.3) is 0 Å². The van der Waals surface area contributed by atoms with Crippen LogP contribution in [0.25, 0.3) is 0 Å². The highest BCUT2D eigenvalue weighted by Crippen LogP contribution is 1.98. The van der Waals surface area contributed by atoms with E-state index in [1.54, 1.807) is 18.6 Å². The van der Waals surface area contributed by atoms with Gasteiger partial charge in [0.15, 0.2) is 0 Å². The van der Waals surface area contributed by atoms with Crippen molar-refractivity contribution in [3.8, 4) is 0 Å². The molecule has 0 amide bonds. The van der Waals surface area contributed by atoms with Gasteiger partial charge in [-0.25, -0.2) is 0 Å². The van der Waals surface area contributed by atoms with E-state index < -0.39 is 0 Å². The molecule has 0 saturated carbocycles. The molecule has 2 rings (SSSR count). The van der Waals surface area contributed by atoms with Gasteiger partial charge in [-0.15, -0.1) is 0 Å². The molecule has 0 unspecified atom stereocenters. The summed E-state index contributed by atoms with van der Waals surface area (Å²) >= 11 is 0. The van der Waals surface area contributed by atoms with Crippen molar-refractivity contribution in [3.05, 3.63) is 60.2 Å². The molecule has 0 spiro atoms. The molecule has 2 aromatic rings. The lowest BCUT2D eigenvalue weighted by molar-refractivity contribution is 1.05. The second-order valence-corrected chi connectivity index (χ2v) is 3.12. The molecule has 0 aromatic carbocycles. The van der Waals surface area contributed by atoms with Crippen molar-refractivity contribution >= 4 is 6.21 Å². The first kappa shape index (κ1) is 9.52. The van der Waals surface area contributed by atoms with Gasteiger partial charge in [0.05, 0.1) is 6.54 Å². The molecule has 74 valence electrons. The lowest BCUT2D eigenvalue weighted by Crippen LogP contribution is -1.85. The third-order valence-electron chi connectivity index (χ3n) is 1.92. The van der Waals surface area contributed by atoms with Gasteiger partial charge in [-0.2, -0.15) is 0 Å². The molecule has 3 nitrogen and oxygen atoms in total. The average Bonchev–Trinajstić information content (AvgIpc) is 2.32. The molecule has 0 fully saturated rings. The smallest absolute Gasteiger partial charge is 0.0655 e. The van der Waals surface area contributed by atoms with E-state index >= 15 is 0 Å². The second-order valence-electron chi connectivity index (χ2n) is 3.12. The van der Waals surface area contributed by atoms with Crippen LogP contribution in [-0.2, 0) is 6.54 Å². The number of rotatable bonds is 3. The molecular formula is C12H11N3. The molecule has 2 heterocycles. The van der Waals surface area contributed by atoms with Crippen molar-refractivity contribution < 1.29 is 0 Å². The van der Waals surface area contributed by atoms with Gasteiger partial charge in [-0.1, -0.05) is 12.1 Å². The van der Waals surface area contributed by atoms with Crippen LogP contribution >= 0.6 is 0 Å². The molecule has 0 saturated heterocycles. The summed E-state index contributed by atoms with van der Waals surface area (Å²) in [6, 6.07) is 7.79. The van der Waals surface area contributed by atoms with Crippen LogP contribution in [0.2, 0.25) is 0 Å². The molecular weight excluding hydrogens is 186 g/mol. The third-order valence-corrected chi connectivity index (χ3v) is 1.92. The van der Waals surface area contributed by atoms with Crippen molar-refractivity contribution in [2.75, 3.05) is 0 Å². The first-order valence-electron chi connectivity index (χ1n) is 4.74. The maximum absolute atomic E-state index is 4.31. The fraction of sp³-hybridized carbons (Fsp3) is 0.0833. The molecule has 2 aromatic heterocycles. The van der Waals surface area contributed by atoms with Crippen LogP contribution in [0.5, 0.6) is 0 Å². The van der Waals surface area contributed by atoms with Crippen LogP contribution in [0.1, 0.15) is 11.1 Å². The summed E-state index contributed by atoms with van der Waals surface area (Å²) < 4.78 is 0. The summed E-state index contributed by atoms with van der Waals surface area (Å²) in [7, 11) is 0. The largest absolute Gasteiger partial charge is 0.288 e. The monoisotopic (exact) mass is 197 g/mol. The molecule has 0 aliphatic rings. The molecule has 0 N–H and O–H groups in total. The van der Waals surface area contributed by atoms with Gasteiger partial charge >= 0.3 is 0 Å². The van der Waals surface area contributed by atoms with E-state index in [0.29, 0.717) is 6.54 Å². The number of aliphatic imine (C=N–C) groups is 1. The Kier molecular flexibility index (Phi) is 3.18. The Morgan fingerprint density at radius 1 is 1.07 bits per heavy atom. The van der Waals surface area contributed by atoms with Gasteiger partial charge in [0, 0.05) is 36.6 Å². The van der Waals surface area contributed by atoms with E-state index in [-0.39, 0.29) is 0 Å². The molecule has 0 radical (unpaired) electrons. The zero-order valence-electron chi connectivity index (χ0n) is 8.24. The van der Waals surface area contributed by atoms with Gasteiger partial charge < -0.3 is 0 Å². The number of hydrogen-bond acceptors (Lipinski definition) is 3. The van der Waals surface area contributed by atoms with Crippen LogP contribution in [0.3, 0.4) is 0 Å². The molecule has 3 heteroatoms. The van der Waals surface area contributed by atoms with Gasteiger partial charge in [-0.3, -0.25) is 15.0 Å². The Hall–Kier alpha value is -2.03. The first-order chi connectivity index (χ1) is 7.45. The summed E-state index contributed by atoms with van der Waals surface area (Å²) in [4.78, 5) is 12.3. The van der Waals surface area contributed by atoms with E-state index in [1.807, 2.05) is 36.7 Å². The van der Waals surface area contributed by atoms with Crippen molar-refractivity contribution in [1.82, 2.24) is 9.97 Å². The fourth-order valence-electron chi connectivity index (χ4n) is 1.20. The third kappa shape index (κ3) is 2.98. The Balaban J connectivity index is 1.97. The number of aromatic nitrogens is 2. The quantitative estimate of drug-likeness (QED) is 0.707. The number of hydrogen-bond donors (Lipinski definition) is 0. The maximum atomic E-state index is 4.31. The normalized spacial score (nSPS) is 10.7. The predicted octanol–water partition coefficient (Wildman–Crippen LogP) is 2.10. The summed E-state index contributed by atoms with van der Waals surface area (Å²) in [6.45, 7) is 0.655. The van der Waals surface area contributed by atoms with Gasteiger partial charge in [0.1, 0.15) is 0 Å². The molecule has 0 bridgehead atoms. The summed E-state index contributed by atoms with van der Waals surface area (Å²) in [6.07, 6.45) is 8.93. The summed E-state index contributed by atoms with van der Waals surface area (Å²) in [5.74, 6) is 0. The van der Waals surface area contributed by atoms with Crippen LogP contribution in [-0.4, -0.2) is 16.2 Å². The van der Waals surface area contributed by atoms with Crippen LogP contribution in [0, 0.1) is 0 Å². The first-order valence-corrected chi connectivity index (χ1v) is 4.74. The van der Waals surface area contributed by atoms with E-state index in [2.05, 4.69) is 15.0 Å². The SMILES string of the molecule is C(=NCc1cccnc1)c1cccnc1. The maximum Gasteiger partial charge on any atom is 0.0655 e. The minimum absolute atomic E-state index is 0.655. The summed E-state index contributed by atoms with van der Waals surface area (Å²) in [5, 5.41) is 0. The van der Waals surface area contributed by atoms with E-state index in [9.17, 15) is 0 Å². The van der Waals surface area contributed by atoms with Gasteiger partial charge in [-0.05, 0) is 17.7 Å². The van der Waals surface area contributed by atoms with Crippen LogP contribution in [0.15, 0.2) is 54.0 Å². The van der Waals surface area contributed by atoms with Crippen LogP contribution < -0.4 is 0 Å². The molecule has 0 atom stereocenters. The van der Waals surface area contributed by atoms with Crippen molar-refractivity contribution in [3.63, 3.8) is 0 Å². The molecule has 0 aliphatic heterocycles. The van der Waals surface area contributed by atoms with Crippen molar-refractivity contribution in [2.24, 2.45) is 4.99 Å². The molecule has 0 aliphatic carbocycles. The minimum atomic E-state index is 0.655. The van der Waals surface area contributed by atoms with E-state index in [4.69, 9.17) is 0 Å². The highest BCUT2D eigenvalue weighted by molar-refractivity contribution is 5.78. The van der Waals surface area contributed by atoms with E-state index in [0.717, 1.165) is 11.1 Å². The van der Waals surface area contributed by atoms with Crippen LogP contribution in [0.4, 0.5) is 0 Å². The van der Waals surface area contributed by atoms with Crippen molar-refractivity contribution in [2.45, 2.75) is 6.54 Å². The minimum Gasteiger partial charge on any atom is -0.288 e. The highest BCUT2D eigenvalue weighted by Gasteiger charge is 1.88. The summed E-state index contributed by atoms with van der Waals surface area (Å²) in [5.41, 5.74) is 2.12. The number of pyridine rings is 2. The highest BCUT2D eigenvalue weighted by atomic mass is 14.7. The Morgan fingerprint density at radius 3 is 2.53 bits per heavy atom. The Morgan fingerprint density at radius 2 is 1.87 bits per heavy atom. The standard InChI is InChI=1S/C12H11N3/c1-3-11(7-13-5-1)9-15-10-12-4-2-6-14-8-12/h1-9H,10H2. The zero-order valence-corrected chi connectivity index (χ0v) is 8.24. The van der Waals surface area contributed by atoms with Crippen molar-refractivity contribution in [1.29, 1.82) is 0 Å². The second kappa shape index (κ2) is 5.00. The zero-order chi connectivity index (χ0) is 10.3. The Labute approximate surface area is 88.6 Å². The Bertz CT molecular complexity index is 423. The fourth-order valence-corrected chi connectivity index (χ4v) is 1.20. The molecule has 15 heavy (non-hydrogen) atoms. The number of nitrogens with zero attached hydrogens (tertiary/aromatic N) is 3. The van der Waals surface area contributed by atoms with E-state index in [1.165, 1.54) is 0 Å². The lowest BCUT2D eigenvalue weighted by Gasteiger charge is -1.94. The average molecular weight is 197 g/mol. The van der Waals surface area contributed by atoms with Gasteiger partial charge in [0.2, 0.25) is 0 Å². The topological polar surface area (TPSA) is 38.1 Å².